The Kier molecular flexibility index (Phi) is 5.14. The molecule has 3 aromatic rings. The first-order chi connectivity index (χ1) is 13.3. The first-order valence-corrected chi connectivity index (χ1v) is 9.25. The number of nitrogens with one attached hydrogen (secondary N) is 3. The average molecular weight is 365 g/mol. The number of para-hydroxylation sites is 1. The Balaban J connectivity index is 1.20. The summed E-state index contributed by atoms with van der Waals surface area (Å²) < 4.78 is 11.1. The summed E-state index contributed by atoms with van der Waals surface area (Å²) >= 11 is 0. The van der Waals surface area contributed by atoms with Crippen LogP contribution in [0.3, 0.4) is 0 Å². The van der Waals surface area contributed by atoms with Gasteiger partial charge in [0.15, 0.2) is 11.5 Å². The molecule has 1 aliphatic rings. The van der Waals surface area contributed by atoms with Gasteiger partial charge in [-0.3, -0.25) is 4.79 Å². The molecule has 0 saturated carbocycles. The van der Waals surface area contributed by atoms with Crippen molar-refractivity contribution in [3.05, 3.63) is 54.2 Å². The highest BCUT2D eigenvalue weighted by molar-refractivity contribution is 5.83. The summed E-state index contributed by atoms with van der Waals surface area (Å²) in [5.41, 5.74) is 3.27. The predicted molar refractivity (Wildman–Crippen MR) is 106 cm³/mol. The van der Waals surface area contributed by atoms with Crippen molar-refractivity contribution in [1.82, 2.24) is 10.3 Å². The zero-order valence-corrected chi connectivity index (χ0v) is 15.1. The lowest BCUT2D eigenvalue weighted by Gasteiger charge is -2.19. The van der Waals surface area contributed by atoms with Crippen LogP contribution in [0.2, 0.25) is 0 Å². The van der Waals surface area contributed by atoms with Gasteiger partial charge in [-0.15, -0.1) is 0 Å². The largest absolute Gasteiger partial charge is 0.486 e. The van der Waals surface area contributed by atoms with E-state index in [2.05, 4.69) is 27.8 Å². The second kappa shape index (κ2) is 8.03. The molecular formula is C21H23N3O3. The van der Waals surface area contributed by atoms with Crippen molar-refractivity contribution in [2.75, 3.05) is 31.6 Å². The number of H-pyrrole nitrogens is 1. The van der Waals surface area contributed by atoms with Crippen LogP contribution in [0.4, 0.5) is 5.69 Å². The Morgan fingerprint density at radius 2 is 1.89 bits per heavy atom. The molecule has 6 nitrogen and oxygen atoms in total. The van der Waals surface area contributed by atoms with Crippen molar-refractivity contribution in [2.24, 2.45) is 0 Å². The molecule has 4 rings (SSSR count). The van der Waals surface area contributed by atoms with Gasteiger partial charge in [-0.1, -0.05) is 18.2 Å². The molecule has 0 saturated heterocycles. The van der Waals surface area contributed by atoms with Crippen LogP contribution in [0.1, 0.15) is 12.0 Å². The van der Waals surface area contributed by atoms with Crippen molar-refractivity contribution in [2.45, 2.75) is 12.8 Å². The van der Waals surface area contributed by atoms with E-state index in [4.69, 9.17) is 9.47 Å². The fourth-order valence-electron chi connectivity index (χ4n) is 3.24. The smallest absolute Gasteiger partial charge is 0.221 e. The third kappa shape index (κ3) is 4.16. The first-order valence-electron chi connectivity index (χ1n) is 9.25. The summed E-state index contributed by atoms with van der Waals surface area (Å²) in [6.45, 7) is 2.34. The number of ether oxygens (including phenoxy) is 2. The van der Waals surface area contributed by atoms with E-state index < -0.39 is 0 Å². The highest BCUT2D eigenvalue weighted by atomic mass is 16.6. The zero-order valence-electron chi connectivity index (χ0n) is 15.1. The number of rotatable bonds is 7. The van der Waals surface area contributed by atoms with Gasteiger partial charge in [0.25, 0.3) is 0 Å². The SMILES string of the molecule is O=C(CCNc1ccc2c(c1)OCCO2)NCCc1c[nH]c2ccccc12. The van der Waals surface area contributed by atoms with E-state index in [9.17, 15) is 4.79 Å². The normalized spacial score (nSPS) is 12.7. The lowest BCUT2D eigenvalue weighted by molar-refractivity contribution is -0.120. The third-order valence-corrected chi connectivity index (χ3v) is 4.61. The van der Waals surface area contributed by atoms with Crippen molar-refractivity contribution in [3.63, 3.8) is 0 Å². The van der Waals surface area contributed by atoms with Crippen molar-refractivity contribution in [1.29, 1.82) is 0 Å². The van der Waals surface area contributed by atoms with E-state index >= 15 is 0 Å². The summed E-state index contributed by atoms with van der Waals surface area (Å²) in [7, 11) is 0. The van der Waals surface area contributed by atoms with E-state index in [0.29, 0.717) is 32.7 Å². The van der Waals surface area contributed by atoms with Crippen LogP contribution in [0.5, 0.6) is 11.5 Å². The molecule has 0 fully saturated rings. The van der Waals surface area contributed by atoms with Gasteiger partial charge in [-0.25, -0.2) is 0 Å². The van der Waals surface area contributed by atoms with Crippen LogP contribution < -0.4 is 20.1 Å². The fourth-order valence-corrected chi connectivity index (χ4v) is 3.24. The number of fused-ring (bicyclic) bond motifs is 2. The Labute approximate surface area is 157 Å². The number of carbonyl (C=O) groups excluding carboxylic acids is 1. The number of aromatic nitrogens is 1. The standard InChI is InChI=1S/C21H23N3O3/c25-21(23-9-7-15-14-24-18-4-2-1-3-17(15)18)8-10-22-16-5-6-19-20(13-16)27-12-11-26-19/h1-6,13-14,22,24H,7-12H2,(H,23,25). The van der Waals surface area contributed by atoms with Crippen LogP contribution in [0, 0.1) is 0 Å². The van der Waals surface area contributed by atoms with Gasteiger partial charge < -0.3 is 25.1 Å². The van der Waals surface area contributed by atoms with Gasteiger partial charge >= 0.3 is 0 Å². The zero-order chi connectivity index (χ0) is 18.5. The lowest BCUT2D eigenvalue weighted by Crippen LogP contribution is -2.27. The summed E-state index contributed by atoms with van der Waals surface area (Å²) in [5, 5.41) is 7.45. The summed E-state index contributed by atoms with van der Waals surface area (Å²) in [6, 6.07) is 13.9. The first kappa shape index (κ1) is 17.3. The van der Waals surface area contributed by atoms with Gasteiger partial charge in [0.1, 0.15) is 13.2 Å². The monoisotopic (exact) mass is 365 g/mol. The molecule has 3 N–H and O–H groups in total. The topological polar surface area (TPSA) is 75.4 Å². The molecular weight excluding hydrogens is 342 g/mol. The summed E-state index contributed by atoms with van der Waals surface area (Å²) in [5.74, 6) is 1.55. The van der Waals surface area contributed by atoms with Crippen molar-refractivity contribution >= 4 is 22.5 Å². The van der Waals surface area contributed by atoms with Crippen LogP contribution in [-0.2, 0) is 11.2 Å². The van der Waals surface area contributed by atoms with Crippen molar-refractivity contribution < 1.29 is 14.3 Å². The Morgan fingerprint density at radius 1 is 1.04 bits per heavy atom. The molecule has 140 valence electrons. The minimum Gasteiger partial charge on any atom is -0.486 e. The molecule has 1 aliphatic heterocycles. The molecule has 0 radical (unpaired) electrons. The minimum atomic E-state index is 0.0416. The van der Waals surface area contributed by atoms with Crippen LogP contribution in [-0.4, -0.2) is 37.2 Å². The highest BCUT2D eigenvalue weighted by Crippen LogP contribution is 2.32. The van der Waals surface area contributed by atoms with E-state index in [1.807, 2.05) is 36.5 Å². The molecule has 0 aliphatic carbocycles. The molecule has 2 heterocycles. The van der Waals surface area contributed by atoms with Crippen molar-refractivity contribution in [3.8, 4) is 11.5 Å². The van der Waals surface area contributed by atoms with Gasteiger partial charge in [0.05, 0.1) is 0 Å². The molecule has 0 bridgehead atoms. The van der Waals surface area contributed by atoms with E-state index in [1.165, 1.54) is 10.9 Å². The summed E-state index contributed by atoms with van der Waals surface area (Å²) in [6.07, 6.45) is 3.24. The average Bonchev–Trinajstić information content (AvgIpc) is 3.11. The molecule has 0 atom stereocenters. The molecule has 0 unspecified atom stereocenters. The van der Waals surface area contributed by atoms with Crippen LogP contribution >= 0.6 is 0 Å². The van der Waals surface area contributed by atoms with Gasteiger partial charge in [0.2, 0.25) is 5.91 Å². The number of hydrogen-bond donors (Lipinski definition) is 3. The quantitative estimate of drug-likeness (QED) is 0.601. The maximum Gasteiger partial charge on any atom is 0.221 e. The maximum absolute atomic E-state index is 12.1. The van der Waals surface area contributed by atoms with Crippen LogP contribution in [0.25, 0.3) is 10.9 Å². The van der Waals surface area contributed by atoms with E-state index in [0.717, 1.165) is 29.1 Å². The highest BCUT2D eigenvalue weighted by Gasteiger charge is 2.11. The Morgan fingerprint density at radius 3 is 2.81 bits per heavy atom. The molecule has 2 aromatic carbocycles. The maximum atomic E-state index is 12.1. The van der Waals surface area contributed by atoms with Gasteiger partial charge in [-0.2, -0.15) is 0 Å². The fraction of sp³-hybridized carbons (Fsp3) is 0.286. The second-order valence-corrected chi connectivity index (χ2v) is 6.49. The number of hydrogen-bond acceptors (Lipinski definition) is 4. The molecule has 0 spiro atoms. The second-order valence-electron chi connectivity index (χ2n) is 6.49. The lowest BCUT2D eigenvalue weighted by atomic mass is 10.1. The minimum absolute atomic E-state index is 0.0416. The molecule has 1 amide bonds. The van der Waals surface area contributed by atoms with E-state index in [1.54, 1.807) is 0 Å². The number of carbonyl (C=O) groups is 1. The number of benzene rings is 2. The van der Waals surface area contributed by atoms with Crippen LogP contribution in [0.15, 0.2) is 48.7 Å². The summed E-state index contributed by atoms with van der Waals surface area (Å²) in [4.78, 5) is 15.3. The van der Waals surface area contributed by atoms with E-state index in [-0.39, 0.29) is 5.91 Å². The number of amides is 1. The molecule has 27 heavy (non-hydrogen) atoms. The number of anilines is 1. The Hall–Kier alpha value is -3.15. The number of aromatic amines is 1. The molecule has 6 heteroatoms. The van der Waals surface area contributed by atoms with Gasteiger partial charge in [-0.05, 0) is 30.2 Å². The molecule has 1 aromatic heterocycles. The van der Waals surface area contributed by atoms with Gasteiger partial charge in [0, 0.05) is 48.4 Å². The predicted octanol–water partition coefficient (Wildman–Crippen LogP) is 3.10. The Bertz CT molecular complexity index is 935. The third-order valence-electron chi connectivity index (χ3n) is 4.61.